The number of nitrogens with two attached hydrogens (primary N) is 1. The summed E-state index contributed by atoms with van der Waals surface area (Å²) in [6.45, 7) is 4.27. The van der Waals surface area contributed by atoms with Gasteiger partial charge in [0.15, 0.2) is 5.69 Å². The van der Waals surface area contributed by atoms with E-state index < -0.39 is 11.7 Å². The number of ether oxygens (including phenoxy) is 1. The van der Waals surface area contributed by atoms with E-state index in [9.17, 15) is 14.0 Å². The summed E-state index contributed by atoms with van der Waals surface area (Å²) in [6, 6.07) is 4.10. The summed E-state index contributed by atoms with van der Waals surface area (Å²) in [5.41, 5.74) is 6.93. The number of anilines is 1. The highest BCUT2D eigenvalue weighted by Crippen LogP contribution is 2.32. The third-order valence-corrected chi connectivity index (χ3v) is 6.31. The van der Waals surface area contributed by atoms with Crippen molar-refractivity contribution in [3.05, 3.63) is 64.7 Å². The van der Waals surface area contributed by atoms with Crippen molar-refractivity contribution in [2.24, 2.45) is 5.73 Å². The number of fused-ring (bicyclic) bond motifs is 1. The number of hydrogen-bond acceptors (Lipinski definition) is 6. The van der Waals surface area contributed by atoms with Gasteiger partial charge in [-0.05, 0) is 36.6 Å². The van der Waals surface area contributed by atoms with E-state index in [1.165, 1.54) is 12.1 Å². The van der Waals surface area contributed by atoms with Crippen molar-refractivity contribution in [3.63, 3.8) is 0 Å². The lowest BCUT2D eigenvalue weighted by Crippen LogP contribution is -2.37. The Labute approximate surface area is 212 Å². The smallest absolute Gasteiger partial charge is 0.255 e. The monoisotopic (exact) mass is 510 g/mol. The molecule has 1 aromatic carbocycles. The van der Waals surface area contributed by atoms with Crippen LogP contribution in [0.1, 0.15) is 34.1 Å². The van der Waals surface area contributed by atoms with Crippen molar-refractivity contribution >= 4 is 40.1 Å². The molecule has 3 N–H and O–H groups in total. The zero-order chi connectivity index (χ0) is 26.0. The van der Waals surface area contributed by atoms with Gasteiger partial charge in [0.05, 0.1) is 35.4 Å². The molecule has 2 atom stereocenters. The average Bonchev–Trinajstić information content (AvgIpc) is 3.43. The molecule has 4 rings (SSSR count). The maximum Gasteiger partial charge on any atom is 0.255 e. The van der Waals surface area contributed by atoms with Gasteiger partial charge in [-0.3, -0.25) is 14.6 Å². The molecule has 0 saturated carbocycles. The minimum Gasteiger partial charge on any atom is -0.383 e. The van der Waals surface area contributed by atoms with Gasteiger partial charge in [0.2, 0.25) is 5.91 Å². The summed E-state index contributed by atoms with van der Waals surface area (Å²) in [4.78, 5) is 30.5. The minimum atomic E-state index is -0.706. The highest BCUT2D eigenvalue weighted by Gasteiger charge is 2.37. The molecule has 3 aromatic rings. The first-order valence-electron chi connectivity index (χ1n) is 11.1. The number of nitrogens with one attached hydrogen (secondary N) is 1. The normalized spacial score (nSPS) is 17.1. The van der Waals surface area contributed by atoms with Gasteiger partial charge in [0.25, 0.3) is 5.91 Å². The molecule has 0 radical (unpaired) electrons. The zero-order valence-electron chi connectivity index (χ0n) is 19.7. The number of primary amides is 1. The van der Waals surface area contributed by atoms with E-state index in [2.05, 4.69) is 33.8 Å². The van der Waals surface area contributed by atoms with Crippen LogP contribution < -0.4 is 11.1 Å². The Morgan fingerprint density at radius 3 is 2.83 bits per heavy atom. The SMILES string of the molecule is C=CC(=O)N1C[C@@H](n2nc(C#Cc3cc4ncc(F)cc4cc3Cl)c(C(N)=O)c2NC)C[C@@H]1COC. The number of likely N-dealkylation sites (tertiary alicyclic amines) is 1. The Morgan fingerprint density at radius 2 is 2.17 bits per heavy atom. The fourth-order valence-corrected chi connectivity index (χ4v) is 4.63. The number of halogens is 2. The number of benzene rings is 1. The largest absolute Gasteiger partial charge is 0.383 e. The Balaban J connectivity index is 1.75. The number of aromatic nitrogens is 3. The topological polar surface area (TPSA) is 115 Å². The first-order valence-corrected chi connectivity index (χ1v) is 11.4. The highest BCUT2D eigenvalue weighted by atomic mass is 35.5. The molecule has 1 saturated heterocycles. The first kappa shape index (κ1) is 25.2. The molecule has 36 heavy (non-hydrogen) atoms. The summed E-state index contributed by atoms with van der Waals surface area (Å²) >= 11 is 6.36. The van der Waals surface area contributed by atoms with Gasteiger partial charge in [-0.15, -0.1) is 0 Å². The van der Waals surface area contributed by atoms with E-state index >= 15 is 0 Å². The maximum atomic E-state index is 13.5. The quantitative estimate of drug-likeness (QED) is 0.389. The molecule has 1 aliphatic heterocycles. The van der Waals surface area contributed by atoms with E-state index in [1.54, 1.807) is 35.9 Å². The Bertz CT molecular complexity index is 1430. The molecule has 2 aromatic heterocycles. The van der Waals surface area contributed by atoms with Crippen LogP contribution in [-0.4, -0.2) is 64.8 Å². The van der Waals surface area contributed by atoms with Crippen molar-refractivity contribution in [3.8, 4) is 11.8 Å². The molecule has 0 bridgehead atoms. The number of rotatable bonds is 6. The summed E-state index contributed by atoms with van der Waals surface area (Å²) in [7, 11) is 3.22. The third-order valence-electron chi connectivity index (χ3n) is 6.00. The second-order valence-electron chi connectivity index (χ2n) is 8.25. The summed E-state index contributed by atoms with van der Waals surface area (Å²) in [5, 5.41) is 8.41. The Morgan fingerprint density at radius 1 is 1.39 bits per heavy atom. The summed E-state index contributed by atoms with van der Waals surface area (Å²) in [6.07, 6.45) is 2.92. The van der Waals surface area contributed by atoms with Gasteiger partial charge in [0, 0.05) is 31.7 Å². The number of carbonyl (C=O) groups is 2. The van der Waals surface area contributed by atoms with Gasteiger partial charge in [0.1, 0.15) is 17.2 Å². The Kier molecular flexibility index (Phi) is 7.24. The maximum absolute atomic E-state index is 13.5. The second kappa shape index (κ2) is 10.4. The molecule has 1 fully saturated rings. The van der Waals surface area contributed by atoms with Crippen LogP contribution in [0.15, 0.2) is 37.1 Å². The summed E-state index contributed by atoms with van der Waals surface area (Å²) in [5.74, 6) is 4.82. The second-order valence-corrected chi connectivity index (χ2v) is 8.66. The predicted octanol–water partition coefficient (Wildman–Crippen LogP) is 2.74. The molecule has 0 unspecified atom stereocenters. The fraction of sp³-hybridized carbons (Fsp3) is 0.280. The van der Waals surface area contributed by atoms with Crippen LogP contribution in [0.25, 0.3) is 10.9 Å². The molecule has 2 amide bonds. The van der Waals surface area contributed by atoms with Crippen LogP contribution >= 0.6 is 11.6 Å². The number of nitrogens with zero attached hydrogens (tertiary/aromatic N) is 4. The van der Waals surface area contributed by atoms with Crippen LogP contribution in [0.3, 0.4) is 0 Å². The minimum absolute atomic E-state index is 0.124. The van der Waals surface area contributed by atoms with Crippen LogP contribution in [0.5, 0.6) is 0 Å². The molecule has 0 spiro atoms. The lowest BCUT2D eigenvalue weighted by atomic mass is 10.1. The zero-order valence-corrected chi connectivity index (χ0v) is 20.5. The van der Waals surface area contributed by atoms with Crippen LogP contribution in [0.2, 0.25) is 5.02 Å². The van der Waals surface area contributed by atoms with Gasteiger partial charge < -0.3 is 20.7 Å². The average molecular weight is 511 g/mol. The Hall–Kier alpha value is -3.94. The van der Waals surface area contributed by atoms with E-state index in [-0.39, 0.29) is 29.2 Å². The summed E-state index contributed by atoms with van der Waals surface area (Å²) < 4.78 is 20.4. The molecule has 9 nitrogen and oxygen atoms in total. The third kappa shape index (κ3) is 4.76. The van der Waals surface area contributed by atoms with Crippen LogP contribution in [0, 0.1) is 17.7 Å². The molecule has 186 valence electrons. The molecule has 3 heterocycles. The lowest BCUT2D eigenvalue weighted by Gasteiger charge is -2.22. The van der Waals surface area contributed by atoms with Crippen LogP contribution in [-0.2, 0) is 9.53 Å². The number of amides is 2. The van der Waals surface area contributed by atoms with E-state index in [1.807, 2.05) is 0 Å². The van der Waals surface area contributed by atoms with Gasteiger partial charge in [-0.1, -0.05) is 24.1 Å². The molecule has 11 heteroatoms. The van der Waals surface area contributed by atoms with E-state index in [4.69, 9.17) is 22.1 Å². The molecule has 1 aliphatic rings. The van der Waals surface area contributed by atoms with Gasteiger partial charge in [-0.2, -0.15) is 5.10 Å². The van der Waals surface area contributed by atoms with Crippen molar-refractivity contribution < 1.29 is 18.7 Å². The number of pyridine rings is 1. The predicted molar refractivity (Wildman–Crippen MR) is 134 cm³/mol. The number of carbonyl (C=O) groups excluding carboxylic acids is 2. The van der Waals surface area contributed by atoms with Gasteiger partial charge in [-0.25, -0.2) is 9.07 Å². The first-order chi connectivity index (χ1) is 17.3. The molecule has 0 aliphatic carbocycles. The standard InChI is InChI=1S/C25H24ClFN6O3/c1-4-22(34)32-12-17(10-18(32)13-36-3)33-25(29-2)23(24(28)35)20(31-33)6-5-14-9-21-15(8-19(14)26)7-16(27)11-30-21/h4,7-9,11,17-18,29H,1,10,12-13H2,2-3H3,(H2,28,35)/t17-,18+/m0/s1. The van der Waals surface area contributed by atoms with Gasteiger partial charge >= 0.3 is 0 Å². The van der Waals surface area contributed by atoms with E-state index in [0.29, 0.717) is 46.9 Å². The van der Waals surface area contributed by atoms with E-state index in [0.717, 1.165) is 6.20 Å². The molecular weight excluding hydrogens is 487 g/mol. The van der Waals surface area contributed by atoms with Crippen molar-refractivity contribution in [1.82, 2.24) is 19.7 Å². The molecular formula is C25H24ClFN6O3. The van der Waals surface area contributed by atoms with Crippen molar-refractivity contribution in [2.75, 3.05) is 32.6 Å². The lowest BCUT2D eigenvalue weighted by molar-refractivity contribution is -0.127. The fourth-order valence-electron chi connectivity index (χ4n) is 4.41. The highest BCUT2D eigenvalue weighted by molar-refractivity contribution is 6.32. The van der Waals surface area contributed by atoms with Crippen LogP contribution in [0.4, 0.5) is 10.2 Å². The number of hydrogen-bond donors (Lipinski definition) is 2. The number of methoxy groups -OCH3 is 1. The van der Waals surface area contributed by atoms with Crippen molar-refractivity contribution in [1.29, 1.82) is 0 Å². The van der Waals surface area contributed by atoms with Crippen molar-refractivity contribution in [2.45, 2.75) is 18.5 Å².